The van der Waals surface area contributed by atoms with Crippen LogP contribution in [0.2, 0.25) is 0 Å². The molecule has 1 unspecified atom stereocenters. The molecule has 0 amide bonds. The van der Waals surface area contributed by atoms with E-state index in [9.17, 15) is 0 Å². The summed E-state index contributed by atoms with van der Waals surface area (Å²) in [5.41, 5.74) is 0. The van der Waals surface area contributed by atoms with Crippen molar-refractivity contribution in [2.45, 2.75) is 72.0 Å². The van der Waals surface area contributed by atoms with Gasteiger partial charge in [0.2, 0.25) is 0 Å². The van der Waals surface area contributed by atoms with E-state index in [0.29, 0.717) is 12.2 Å². The Bertz CT molecular complexity index is 191. The largest absolute Gasteiger partial charge is 0.374 e. The molecule has 1 aliphatic heterocycles. The van der Waals surface area contributed by atoms with Crippen LogP contribution in [-0.2, 0) is 4.74 Å². The standard InChI is InChI=1S/C15H31NO/c1-13(2)8-6-5-7-10-16-11-9-15(12-16)17-14(3)4/h13-15H,5-12H2,1-4H3. The van der Waals surface area contributed by atoms with E-state index in [1.54, 1.807) is 0 Å². The fourth-order valence-electron chi connectivity index (χ4n) is 2.56. The maximum absolute atomic E-state index is 5.86. The Hall–Kier alpha value is -0.0800. The first kappa shape index (κ1) is 15.0. The van der Waals surface area contributed by atoms with Crippen LogP contribution in [-0.4, -0.2) is 36.7 Å². The van der Waals surface area contributed by atoms with Gasteiger partial charge in [0, 0.05) is 13.1 Å². The Morgan fingerprint density at radius 1 is 1.12 bits per heavy atom. The molecule has 2 nitrogen and oxygen atoms in total. The van der Waals surface area contributed by atoms with Gasteiger partial charge in [-0.05, 0) is 39.2 Å². The molecule has 1 fully saturated rings. The third-order valence-corrected chi connectivity index (χ3v) is 3.45. The molecular weight excluding hydrogens is 210 g/mol. The van der Waals surface area contributed by atoms with Gasteiger partial charge in [-0.25, -0.2) is 0 Å². The number of hydrogen-bond acceptors (Lipinski definition) is 2. The third-order valence-electron chi connectivity index (χ3n) is 3.45. The van der Waals surface area contributed by atoms with Crippen LogP contribution in [0.15, 0.2) is 0 Å². The van der Waals surface area contributed by atoms with E-state index in [0.717, 1.165) is 12.5 Å². The Morgan fingerprint density at radius 3 is 2.53 bits per heavy atom. The van der Waals surface area contributed by atoms with Gasteiger partial charge in [-0.3, -0.25) is 0 Å². The molecule has 0 aliphatic carbocycles. The third kappa shape index (κ3) is 7.05. The van der Waals surface area contributed by atoms with Gasteiger partial charge in [0.05, 0.1) is 12.2 Å². The predicted molar refractivity (Wildman–Crippen MR) is 74.4 cm³/mol. The van der Waals surface area contributed by atoms with Gasteiger partial charge >= 0.3 is 0 Å². The van der Waals surface area contributed by atoms with Crippen molar-refractivity contribution >= 4 is 0 Å². The van der Waals surface area contributed by atoms with Crippen LogP contribution in [0.5, 0.6) is 0 Å². The molecule has 0 bridgehead atoms. The molecule has 1 saturated heterocycles. The molecule has 0 radical (unpaired) electrons. The molecule has 0 N–H and O–H groups in total. The van der Waals surface area contributed by atoms with E-state index in [-0.39, 0.29) is 0 Å². The van der Waals surface area contributed by atoms with Gasteiger partial charge in [-0.2, -0.15) is 0 Å². The highest BCUT2D eigenvalue weighted by atomic mass is 16.5. The van der Waals surface area contributed by atoms with Crippen LogP contribution in [0.4, 0.5) is 0 Å². The van der Waals surface area contributed by atoms with Crippen molar-refractivity contribution in [1.29, 1.82) is 0 Å². The quantitative estimate of drug-likeness (QED) is 0.601. The van der Waals surface area contributed by atoms with Crippen molar-refractivity contribution in [2.75, 3.05) is 19.6 Å². The lowest BCUT2D eigenvalue weighted by Crippen LogP contribution is -2.25. The molecule has 17 heavy (non-hydrogen) atoms. The lowest BCUT2D eigenvalue weighted by Gasteiger charge is -2.17. The molecule has 1 atom stereocenters. The fourth-order valence-corrected chi connectivity index (χ4v) is 2.56. The Morgan fingerprint density at radius 2 is 1.88 bits per heavy atom. The first-order chi connectivity index (χ1) is 8.08. The molecule has 1 aliphatic rings. The maximum Gasteiger partial charge on any atom is 0.0717 e. The van der Waals surface area contributed by atoms with Crippen LogP contribution in [0, 0.1) is 5.92 Å². The Kier molecular flexibility index (Phi) is 7.14. The normalized spacial score (nSPS) is 21.9. The van der Waals surface area contributed by atoms with Crippen molar-refractivity contribution in [3.05, 3.63) is 0 Å². The average Bonchev–Trinajstić information content (AvgIpc) is 2.63. The van der Waals surface area contributed by atoms with Crippen molar-refractivity contribution in [3.8, 4) is 0 Å². The van der Waals surface area contributed by atoms with Gasteiger partial charge in [0.15, 0.2) is 0 Å². The first-order valence-corrected chi connectivity index (χ1v) is 7.45. The second-order valence-corrected chi connectivity index (χ2v) is 6.14. The Labute approximate surface area is 108 Å². The van der Waals surface area contributed by atoms with E-state index in [1.807, 2.05) is 0 Å². The van der Waals surface area contributed by atoms with E-state index in [2.05, 4.69) is 32.6 Å². The summed E-state index contributed by atoms with van der Waals surface area (Å²) in [5, 5.41) is 0. The van der Waals surface area contributed by atoms with Crippen molar-refractivity contribution in [3.63, 3.8) is 0 Å². The SMILES string of the molecule is CC(C)CCCCCN1CCC(OC(C)C)C1. The van der Waals surface area contributed by atoms with E-state index < -0.39 is 0 Å². The average molecular weight is 241 g/mol. The number of nitrogens with zero attached hydrogens (tertiary/aromatic N) is 1. The summed E-state index contributed by atoms with van der Waals surface area (Å²) in [4.78, 5) is 2.57. The number of hydrogen-bond donors (Lipinski definition) is 0. The number of ether oxygens (including phenoxy) is 1. The summed E-state index contributed by atoms with van der Waals surface area (Å²) >= 11 is 0. The van der Waals surface area contributed by atoms with Gasteiger partial charge in [-0.15, -0.1) is 0 Å². The summed E-state index contributed by atoms with van der Waals surface area (Å²) in [7, 11) is 0. The fraction of sp³-hybridized carbons (Fsp3) is 1.00. The highest BCUT2D eigenvalue weighted by Crippen LogP contribution is 2.16. The smallest absolute Gasteiger partial charge is 0.0717 e. The minimum atomic E-state index is 0.381. The maximum atomic E-state index is 5.86. The minimum absolute atomic E-state index is 0.381. The van der Waals surface area contributed by atoms with Crippen molar-refractivity contribution in [1.82, 2.24) is 4.90 Å². The van der Waals surface area contributed by atoms with Gasteiger partial charge in [-0.1, -0.05) is 33.1 Å². The zero-order chi connectivity index (χ0) is 12.7. The molecule has 0 aromatic rings. The van der Waals surface area contributed by atoms with Gasteiger partial charge in [0.25, 0.3) is 0 Å². The summed E-state index contributed by atoms with van der Waals surface area (Å²) < 4.78 is 5.86. The van der Waals surface area contributed by atoms with Crippen LogP contribution < -0.4 is 0 Å². The van der Waals surface area contributed by atoms with Crippen molar-refractivity contribution < 1.29 is 4.74 Å². The Balaban J connectivity index is 1.98. The highest BCUT2D eigenvalue weighted by Gasteiger charge is 2.22. The number of unbranched alkanes of at least 4 members (excludes halogenated alkanes) is 2. The molecule has 102 valence electrons. The molecule has 0 spiro atoms. The van der Waals surface area contributed by atoms with Crippen LogP contribution in [0.25, 0.3) is 0 Å². The lowest BCUT2D eigenvalue weighted by atomic mass is 10.1. The van der Waals surface area contributed by atoms with Crippen LogP contribution in [0.3, 0.4) is 0 Å². The van der Waals surface area contributed by atoms with E-state index in [1.165, 1.54) is 45.2 Å². The molecule has 2 heteroatoms. The number of likely N-dealkylation sites (tertiary alicyclic amines) is 1. The van der Waals surface area contributed by atoms with Crippen LogP contribution >= 0.6 is 0 Å². The summed E-state index contributed by atoms with van der Waals surface area (Å²) in [6.07, 6.45) is 7.64. The molecule has 1 rings (SSSR count). The summed E-state index contributed by atoms with van der Waals surface area (Å²) in [5.74, 6) is 0.866. The van der Waals surface area contributed by atoms with E-state index >= 15 is 0 Å². The van der Waals surface area contributed by atoms with Gasteiger partial charge in [0.1, 0.15) is 0 Å². The minimum Gasteiger partial charge on any atom is -0.374 e. The summed E-state index contributed by atoms with van der Waals surface area (Å²) in [6, 6.07) is 0. The van der Waals surface area contributed by atoms with E-state index in [4.69, 9.17) is 4.74 Å². The second-order valence-electron chi connectivity index (χ2n) is 6.14. The van der Waals surface area contributed by atoms with Gasteiger partial charge < -0.3 is 9.64 Å². The van der Waals surface area contributed by atoms with Crippen molar-refractivity contribution in [2.24, 2.45) is 5.92 Å². The zero-order valence-electron chi connectivity index (χ0n) is 12.2. The molecule has 0 aromatic carbocycles. The molecule has 0 aromatic heterocycles. The highest BCUT2D eigenvalue weighted by molar-refractivity contribution is 4.76. The topological polar surface area (TPSA) is 12.5 Å². The molecular formula is C15H31NO. The lowest BCUT2D eigenvalue weighted by molar-refractivity contribution is 0.0140. The molecule has 1 heterocycles. The summed E-state index contributed by atoms with van der Waals surface area (Å²) in [6.45, 7) is 12.6. The van der Waals surface area contributed by atoms with Crippen LogP contribution in [0.1, 0.15) is 59.8 Å². The first-order valence-electron chi connectivity index (χ1n) is 7.45. The zero-order valence-corrected chi connectivity index (χ0v) is 12.2. The molecule has 0 saturated carbocycles. The predicted octanol–water partition coefficient (Wildman–Crippen LogP) is 3.70. The number of rotatable bonds is 8. The monoisotopic (exact) mass is 241 g/mol. The second kappa shape index (κ2) is 8.10.